The van der Waals surface area contributed by atoms with Crippen molar-refractivity contribution in [2.24, 2.45) is 0 Å². The summed E-state index contributed by atoms with van der Waals surface area (Å²) in [6, 6.07) is 1.16. The first kappa shape index (κ1) is 12.0. The average molecular weight is 239 g/mol. The Kier molecular flexibility index (Phi) is 4.32. The zero-order chi connectivity index (χ0) is 11.4. The van der Waals surface area contributed by atoms with Crippen LogP contribution >= 0.6 is 11.3 Å². The van der Waals surface area contributed by atoms with Crippen LogP contribution in [-0.4, -0.2) is 35.6 Å². The molecule has 0 spiro atoms. The van der Waals surface area contributed by atoms with Crippen molar-refractivity contribution in [1.29, 1.82) is 0 Å². The van der Waals surface area contributed by atoms with Gasteiger partial charge in [0.2, 0.25) is 0 Å². The van der Waals surface area contributed by atoms with E-state index in [-0.39, 0.29) is 0 Å². The fraction of sp³-hybridized carbons (Fsp3) is 0.750. The predicted molar refractivity (Wildman–Crippen MR) is 68.8 cm³/mol. The Morgan fingerprint density at radius 2 is 2.56 bits per heavy atom. The van der Waals surface area contributed by atoms with Gasteiger partial charge in [0.05, 0.1) is 6.04 Å². The highest BCUT2D eigenvalue weighted by Crippen LogP contribution is 2.26. The molecule has 1 aliphatic heterocycles. The van der Waals surface area contributed by atoms with Gasteiger partial charge < -0.3 is 5.32 Å². The molecule has 2 rings (SSSR count). The summed E-state index contributed by atoms with van der Waals surface area (Å²) in [7, 11) is 0. The summed E-state index contributed by atoms with van der Waals surface area (Å²) in [6.07, 6.45) is 4.40. The highest BCUT2D eigenvalue weighted by Gasteiger charge is 2.27. The van der Waals surface area contributed by atoms with Gasteiger partial charge in [-0.15, -0.1) is 11.3 Å². The van der Waals surface area contributed by atoms with Crippen LogP contribution in [0, 0.1) is 0 Å². The summed E-state index contributed by atoms with van der Waals surface area (Å²) in [6.45, 7) is 8.01. The molecule has 1 saturated heterocycles. The Morgan fingerprint density at radius 1 is 1.69 bits per heavy atom. The lowest BCUT2D eigenvalue weighted by Gasteiger charge is -2.32. The lowest BCUT2D eigenvalue weighted by atomic mass is 10.1. The summed E-state index contributed by atoms with van der Waals surface area (Å²) >= 11 is 1.77. The SMILES string of the molecule is CCCN(C1CCNC1)C(C)c1nccs1. The number of rotatable bonds is 5. The molecule has 16 heavy (non-hydrogen) atoms. The lowest BCUT2D eigenvalue weighted by molar-refractivity contribution is 0.153. The third-order valence-electron chi connectivity index (χ3n) is 3.29. The van der Waals surface area contributed by atoms with Crippen LogP contribution in [0.4, 0.5) is 0 Å². The van der Waals surface area contributed by atoms with Crippen molar-refractivity contribution >= 4 is 11.3 Å². The first-order chi connectivity index (χ1) is 7.83. The van der Waals surface area contributed by atoms with E-state index in [1.165, 1.54) is 24.4 Å². The van der Waals surface area contributed by atoms with Crippen molar-refractivity contribution in [3.8, 4) is 0 Å². The minimum Gasteiger partial charge on any atom is -0.315 e. The number of thiazole rings is 1. The maximum Gasteiger partial charge on any atom is 0.109 e. The molecule has 4 heteroatoms. The molecule has 1 aromatic heterocycles. The van der Waals surface area contributed by atoms with Crippen LogP contribution in [0.15, 0.2) is 11.6 Å². The quantitative estimate of drug-likeness (QED) is 0.854. The molecule has 0 radical (unpaired) electrons. The Labute approximate surface area is 102 Å². The molecule has 0 amide bonds. The summed E-state index contributed by atoms with van der Waals surface area (Å²) in [4.78, 5) is 7.06. The standard InChI is InChI=1S/C12H21N3S/c1-3-7-15(11-4-5-13-9-11)10(2)12-14-6-8-16-12/h6,8,10-11,13H,3-5,7,9H2,1-2H3. The molecule has 0 saturated carbocycles. The monoisotopic (exact) mass is 239 g/mol. The molecule has 0 bridgehead atoms. The first-order valence-electron chi connectivity index (χ1n) is 6.18. The second kappa shape index (κ2) is 5.75. The molecule has 0 aromatic carbocycles. The van der Waals surface area contributed by atoms with E-state index in [4.69, 9.17) is 0 Å². The number of hydrogen-bond acceptors (Lipinski definition) is 4. The van der Waals surface area contributed by atoms with E-state index in [9.17, 15) is 0 Å². The number of nitrogens with one attached hydrogen (secondary N) is 1. The van der Waals surface area contributed by atoms with Gasteiger partial charge in [-0.25, -0.2) is 4.98 Å². The zero-order valence-corrected chi connectivity index (χ0v) is 11.0. The van der Waals surface area contributed by atoms with Crippen LogP contribution in [0.25, 0.3) is 0 Å². The minimum atomic E-state index is 0.463. The molecular formula is C12H21N3S. The lowest BCUT2D eigenvalue weighted by Crippen LogP contribution is -2.39. The van der Waals surface area contributed by atoms with Crippen molar-refractivity contribution in [1.82, 2.24) is 15.2 Å². The summed E-state index contributed by atoms with van der Waals surface area (Å²) in [5, 5.41) is 6.78. The molecule has 1 aromatic rings. The minimum absolute atomic E-state index is 0.463. The van der Waals surface area contributed by atoms with Crippen LogP contribution in [0.2, 0.25) is 0 Å². The van der Waals surface area contributed by atoms with E-state index in [1.54, 1.807) is 11.3 Å². The number of nitrogens with zero attached hydrogens (tertiary/aromatic N) is 2. The average Bonchev–Trinajstić information content (AvgIpc) is 2.96. The maximum absolute atomic E-state index is 4.45. The third-order valence-corrected chi connectivity index (χ3v) is 4.24. The van der Waals surface area contributed by atoms with E-state index in [2.05, 4.69) is 34.4 Å². The second-order valence-corrected chi connectivity index (χ2v) is 5.36. The van der Waals surface area contributed by atoms with Crippen LogP contribution in [0.3, 0.4) is 0 Å². The van der Waals surface area contributed by atoms with Gasteiger partial charge in [0, 0.05) is 24.2 Å². The molecule has 2 unspecified atom stereocenters. The van der Waals surface area contributed by atoms with Crippen molar-refractivity contribution in [2.45, 2.75) is 38.8 Å². The second-order valence-electron chi connectivity index (χ2n) is 4.43. The molecule has 1 N–H and O–H groups in total. The van der Waals surface area contributed by atoms with E-state index >= 15 is 0 Å². The maximum atomic E-state index is 4.45. The van der Waals surface area contributed by atoms with Gasteiger partial charge in [-0.3, -0.25) is 4.90 Å². The highest BCUT2D eigenvalue weighted by molar-refractivity contribution is 7.09. The van der Waals surface area contributed by atoms with Gasteiger partial charge in [0.25, 0.3) is 0 Å². The third kappa shape index (κ3) is 2.62. The predicted octanol–water partition coefficient (Wildman–Crippen LogP) is 2.28. The molecule has 90 valence electrons. The van der Waals surface area contributed by atoms with E-state index < -0.39 is 0 Å². The van der Waals surface area contributed by atoms with Crippen LogP contribution in [0.1, 0.15) is 37.7 Å². The summed E-state index contributed by atoms with van der Waals surface area (Å²) < 4.78 is 0. The van der Waals surface area contributed by atoms with E-state index in [1.807, 2.05) is 6.20 Å². The van der Waals surface area contributed by atoms with Gasteiger partial charge >= 0.3 is 0 Å². The topological polar surface area (TPSA) is 28.2 Å². The van der Waals surface area contributed by atoms with Gasteiger partial charge in [-0.05, 0) is 32.9 Å². The Bertz CT molecular complexity index is 293. The summed E-state index contributed by atoms with van der Waals surface area (Å²) in [5.41, 5.74) is 0. The molecule has 2 heterocycles. The molecule has 2 atom stereocenters. The highest BCUT2D eigenvalue weighted by atomic mass is 32.1. The van der Waals surface area contributed by atoms with Crippen molar-refractivity contribution in [3.05, 3.63) is 16.6 Å². The Balaban J connectivity index is 2.05. The van der Waals surface area contributed by atoms with E-state index in [0.29, 0.717) is 12.1 Å². The molecule has 1 fully saturated rings. The van der Waals surface area contributed by atoms with Crippen molar-refractivity contribution in [3.63, 3.8) is 0 Å². The van der Waals surface area contributed by atoms with Crippen molar-refractivity contribution < 1.29 is 0 Å². The van der Waals surface area contributed by atoms with E-state index in [0.717, 1.165) is 13.1 Å². The largest absolute Gasteiger partial charge is 0.315 e. The molecule has 3 nitrogen and oxygen atoms in total. The normalized spacial score (nSPS) is 22.8. The van der Waals surface area contributed by atoms with Gasteiger partial charge in [0.15, 0.2) is 0 Å². The van der Waals surface area contributed by atoms with Crippen molar-refractivity contribution in [2.75, 3.05) is 19.6 Å². The first-order valence-corrected chi connectivity index (χ1v) is 7.06. The molecule has 1 aliphatic rings. The van der Waals surface area contributed by atoms with Crippen LogP contribution < -0.4 is 5.32 Å². The van der Waals surface area contributed by atoms with Gasteiger partial charge in [-0.2, -0.15) is 0 Å². The summed E-state index contributed by atoms with van der Waals surface area (Å²) in [5.74, 6) is 0. The Hall–Kier alpha value is -0.450. The number of hydrogen-bond donors (Lipinski definition) is 1. The zero-order valence-electron chi connectivity index (χ0n) is 10.1. The fourth-order valence-corrected chi connectivity index (χ4v) is 3.17. The Morgan fingerprint density at radius 3 is 3.12 bits per heavy atom. The van der Waals surface area contributed by atoms with Crippen LogP contribution in [-0.2, 0) is 0 Å². The van der Waals surface area contributed by atoms with Gasteiger partial charge in [0.1, 0.15) is 5.01 Å². The molecule has 0 aliphatic carbocycles. The smallest absolute Gasteiger partial charge is 0.109 e. The van der Waals surface area contributed by atoms with Gasteiger partial charge in [-0.1, -0.05) is 6.92 Å². The molecular weight excluding hydrogens is 218 g/mol. The fourth-order valence-electron chi connectivity index (χ4n) is 2.46. The van der Waals surface area contributed by atoms with Crippen LogP contribution in [0.5, 0.6) is 0 Å². The number of aromatic nitrogens is 1.